The van der Waals surface area contributed by atoms with E-state index in [4.69, 9.17) is 0 Å². The van der Waals surface area contributed by atoms with Crippen molar-refractivity contribution in [1.82, 2.24) is 0 Å². The summed E-state index contributed by atoms with van der Waals surface area (Å²) in [5.41, 5.74) is 5.01. The maximum atomic E-state index is 10.8. The van der Waals surface area contributed by atoms with Gasteiger partial charge in [-0.3, -0.25) is 0 Å². The molecule has 0 aliphatic rings. The van der Waals surface area contributed by atoms with Crippen LogP contribution in [0.1, 0.15) is 54.0 Å². The number of aliphatic hydroxyl groups is 1. The van der Waals surface area contributed by atoms with Gasteiger partial charge in [0.25, 0.3) is 0 Å². The second kappa shape index (κ2) is 6.88. The second-order valence-electron chi connectivity index (χ2n) is 4.92. The average molecular weight is 353 g/mol. The Morgan fingerprint density at radius 2 is 1.70 bits per heavy atom. The van der Waals surface area contributed by atoms with E-state index in [1.807, 2.05) is 11.4 Å². The minimum atomic E-state index is -0.528. The molecule has 0 saturated carbocycles. The van der Waals surface area contributed by atoms with Crippen molar-refractivity contribution >= 4 is 27.3 Å². The Hall–Kier alpha value is -0.640. The average Bonchev–Trinajstić information content (AvgIpc) is 2.91. The zero-order valence-corrected chi connectivity index (χ0v) is 14.6. The van der Waals surface area contributed by atoms with Crippen molar-refractivity contribution in [2.75, 3.05) is 0 Å². The van der Waals surface area contributed by atoms with Crippen LogP contribution in [0.5, 0.6) is 0 Å². The molecule has 1 unspecified atom stereocenters. The minimum absolute atomic E-state index is 0.528. The molecule has 1 aromatic heterocycles. The van der Waals surface area contributed by atoms with Crippen LogP contribution in [0.2, 0.25) is 0 Å². The highest BCUT2D eigenvalue weighted by Gasteiger charge is 2.21. The third kappa shape index (κ3) is 3.00. The summed E-state index contributed by atoms with van der Waals surface area (Å²) in [4.78, 5) is 0.999. The predicted octanol–water partition coefficient (Wildman–Crippen LogP) is 5.28. The smallest absolute Gasteiger partial charge is 0.115 e. The van der Waals surface area contributed by atoms with Gasteiger partial charge in [0.1, 0.15) is 6.10 Å². The van der Waals surface area contributed by atoms with Gasteiger partial charge in [0.15, 0.2) is 0 Å². The first-order chi connectivity index (χ1) is 9.62. The molecule has 3 heteroatoms. The van der Waals surface area contributed by atoms with E-state index in [2.05, 4.69) is 48.8 Å². The molecule has 108 valence electrons. The number of thiophene rings is 1. The SMILES string of the molecule is CCc1cc(CC)c(C(O)c2sccc2Br)c(CC)c1. The van der Waals surface area contributed by atoms with Crippen molar-refractivity contribution in [3.05, 3.63) is 55.2 Å². The molecule has 0 fully saturated rings. The van der Waals surface area contributed by atoms with Crippen molar-refractivity contribution in [1.29, 1.82) is 0 Å². The lowest BCUT2D eigenvalue weighted by Gasteiger charge is -2.20. The van der Waals surface area contributed by atoms with E-state index >= 15 is 0 Å². The summed E-state index contributed by atoms with van der Waals surface area (Å²) in [5.74, 6) is 0. The highest BCUT2D eigenvalue weighted by atomic mass is 79.9. The third-order valence-corrected chi connectivity index (χ3v) is 5.67. The Morgan fingerprint density at radius 3 is 2.10 bits per heavy atom. The van der Waals surface area contributed by atoms with Gasteiger partial charge < -0.3 is 5.11 Å². The van der Waals surface area contributed by atoms with E-state index in [1.54, 1.807) is 11.3 Å². The summed E-state index contributed by atoms with van der Waals surface area (Å²) >= 11 is 5.14. The zero-order valence-electron chi connectivity index (χ0n) is 12.2. The van der Waals surface area contributed by atoms with Crippen LogP contribution in [0.25, 0.3) is 0 Å². The Kier molecular flexibility index (Phi) is 5.42. The van der Waals surface area contributed by atoms with Gasteiger partial charge in [0.2, 0.25) is 0 Å². The molecule has 1 aromatic carbocycles. The molecule has 0 spiro atoms. The Balaban J connectivity index is 2.57. The van der Waals surface area contributed by atoms with Crippen LogP contribution in [-0.4, -0.2) is 5.11 Å². The van der Waals surface area contributed by atoms with Crippen LogP contribution in [0.4, 0.5) is 0 Å². The fourth-order valence-electron chi connectivity index (χ4n) is 2.62. The minimum Gasteiger partial charge on any atom is -0.383 e. The number of halogens is 1. The van der Waals surface area contributed by atoms with E-state index < -0.39 is 6.10 Å². The van der Waals surface area contributed by atoms with Crippen molar-refractivity contribution in [3.8, 4) is 0 Å². The van der Waals surface area contributed by atoms with Gasteiger partial charge in [-0.05, 0) is 68.9 Å². The first kappa shape index (κ1) is 15.7. The largest absolute Gasteiger partial charge is 0.383 e. The first-order valence-electron chi connectivity index (χ1n) is 7.17. The topological polar surface area (TPSA) is 20.2 Å². The molecule has 2 aromatic rings. The summed E-state index contributed by atoms with van der Waals surface area (Å²) in [6, 6.07) is 6.50. The molecule has 1 heterocycles. The van der Waals surface area contributed by atoms with E-state index in [0.717, 1.165) is 34.2 Å². The Morgan fingerprint density at radius 1 is 1.10 bits per heavy atom. The first-order valence-corrected chi connectivity index (χ1v) is 8.85. The van der Waals surface area contributed by atoms with Gasteiger partial charge in [-0.25, -0.2) is 0 Å². The molecule has 0 aliphatic heterocycles. The summed E-state index contributed by atoms with van der Waals surface area (Å²) in [7, 11) is 0. The number of hydrogen-bond donors (Lipinski definition) is 1. The van der Waals surface area contributed by atoms with Gasteiger partial charge in [0, 0.05) is 4.47 Å². The van der Waals surface area contributed by atoms with Gasteiger partial charge >= 0.3 is 0 Å². The van der Waals surface area contributed by atoms with Gasteiger partial charge in [-0.2, -0.15) is 0 Å². The molecule has 2 rings (SSSR count). The van der Waals surface area contributed by atoms with Crippen molar-refractivity contribution < 1.29 is 5.11 Å². The quantitative estimate of drug-likeness (QED) is 0.775. The summed E-state index contributed by atoms with van der Waals surface area (Å²) in [6.45, 7) is 6.50. The van der Waals surface area contributed by atoms with E-state index in [9.17, 15) is 5.11 Å². The number of aliphatic hydroxyl groups excluding tert-OH is 1. The standard InChI is InChI=1S/C17H21BrOS/c1-4-11-9-12(5-2)15(13(6-3)10-11)16(19)17-14(18)7-8-20-17/h7-10,16,19H,4-6H2,1-3H3. The highest BCUT2D eigenvalue weighted by Crippen LogP contribution is 2.37. The number of aryl methyl sites for hydroxylation is 3. The van der Waals surface area contributed by atoms with Crippen LogP contribution in [0, 0.1) is 0 Å². The number of hydrogen-bond acceptors (Lipinski definition) is 2. The van der Waals surface area contributed by atoms with Crippen molar-refractivity contribution in [3.63, 3.8) is 0 Å². The highest BCUT2D eigenvalue weighted by molar-refractivity contribution is 9.10. The molecule has 1 N–H and O–H groups in total. The maximum absolute atomic E-state index is 10.8. The number of rotatable bonds is 5. The molecule has 0 saturated heterocycles. The van der Waals surface area contributed by atoms with Gasteiger partial charge in [0.05, 0.1) is 4.88 Å². The molecule has 1 atom stereocenters. The fraction of sp³-hybridized carbons (Fsp3) is 0.412. The zero-order chi connectivity index (χ0) is 14.7. The lowest BCUT2D eigenvalue weighted by atomic mass is 9.90. The fourth-order valence-corrected chi connectivity index (χ4v) is 4.21. The van der Waals surface area contributed by atoms with Crippen molar-refractivity contribution in [2.45, 2.75) is 46.1 Å². The Bertz CT molecular complexity index is 563. The Labute approximate surface area is 133 Å². The molecule has 1 nitrogen and oxygen atoms in total. The summed E-state index contributed by atoms with van der Waals surface area (Å²) in [5, 5.41) is 12.8. The van der Waals surface area contributed by atoms with E-state index in [-0.39, 0.29) is 0 Å². The van der Waals surface area contributed by atoms with Crippen LogP contribution in [-0.2, 0) is 19.3 Å². The molecule has 0 bridgehead atoms. The normalized spacial score (nSPS) is 12.7. The maximum Gasteiger partial charge on any atom is 0.115 e. The lowest BCUT2D eigenvalue weighted by Crippen LogP contribution is -2.08. The molecule has 20 heavy (non-hydrogen) atoms. The van der Waals surface area contributed by atoms with Gasteiger partial charge in [-0.15, -0.1) is 11.3 Å². The molecular weight excluding hydrogens is 332 g/mol. The number of benzene rings is 1. The monoisotopic (exact) mass is 352 g/mol. The lowest BCUT2D eigenvalue weighted by molar-refractivity contribution is 0.221. The summed E-state index contributed by atoms with van der Waals surface area (Å²) in [6.07, 6.45) is 2.42. The van der Waals surface area contributed by atoms with E-state index in [0.29, 0.717) is 0 Å². The van der Waals surface area contributed by atoms with E-state index in [1.165, 1.54) is 16.7 Å². The summed E-state index contributed by atoms with van der Waals surface area (Å²) < 4.78 is 0.999. The third-order valence-electron chi connectivity index (χ3n) is 3.75. The van der Waals surface area contributed by atoms with Crippen LogP contribution in [0.15, 0.2) is 28.1 Å². The van der Waals surface area contributed by atoms with Crippen LogP contribution < -0.4 is 0 Å². The predicted molar refractivity (Wildman–Crippen MR) is 90.7 cm³/mol. The van der Waals surface area contributed by atoms with Crippen molar-refractivity contribution in [2.24, 2.45) is 0 Å². The second-order valence-corrected chi connectivity index (χ2v) is 6.73. The van der Waals surface area contributed by atoms with Gasteiger partial charge in [-0.1, -0.05) is 32.9 Å². The molecule has 0 radical (unpaired) electrons. The molecule has 0 amide bonds. The van der Waals surface area contributed by atoms with Crippen LogP contribution >= 0.6 is 27.3 Å². The molecular formula is C17H21BrOS. The molecule has 0 aliphatic carbocycles. The van der Waals surface area contributed by atoms with Crippen LogP contribution in [0.3, 0.4) is 0 Å².